The molecule has 2 aromatic rings. The van der Waals surface area contributed by atoms with Gasteiger partial charge in [-0.1, -0.05) is 34.1 Å². The van der Waals surface area contributed by atoms with E-state index in [0.717, 1.165) is 10.0 Å². The SMILES string of the molecule is Cc1cc(S(=O)(=O)Nc2ccccc2)ccc1Br. The van der Waals surface area contributed by atoms with Crippen LogP contribution in [0.1, 0.15) is 5.56 Å². The van der Waals surface area contributed by atoms with Gasteiger partial charge in [-0.25, -0.2) is 8.42 Å². The van der Waals surface area contributed by atoms with Crippen LogP contribution in [0.15, 0.2) is 57.9 Å². The van der Waals surface area contributed by atoms with Crippen molar-refractivity contribution in [3.63, 3.8) is 0 Å². The van der Waals surface area contributed by atoms with Gasteiger partial charge in [0.25, 0.3) is 10.0 Å². The highest BCUT2D eigenvalue weighted by molar-refractivity contribution is 9.10. The number of para-hydroxylation sites is 1. The van der Waals surface area contributed by atoms with Crippen molar-refractivity contribution in [2.24, 2.45) is 0 Å². The summed E-state index contributed by atoms with van der Waals surface area (Å²) in [7, 11) is -3.52. The lowest BCUT2D eigenvalue weighted by atomic mass is 10.2. The van der Waals surface area contributed by atoms with E-state index in [1.54, 1.807) is 42.5 Å². The summed E-state index contributed by atoms with van der Waals surface area (Å²) in [4.78, 5) is 0.257. The van der Waals surface area contributed by atoms with E-state index in [1.165, 1.54) is 0 Å². The Hall–Kier alpha value is -1.33. The number of rotatable bonds is 3. The maximum absolute atomic E-state index is 12.1. The lowest BCUT2D eigenvalue weighted by molar-refractivity contribution is 0.601. The summed E-state index contributed by atoms with van der Waals surface area (Å²) >= 11 is 3.35. The summed E-state index contributed by atoms with van der Waals surface area (Å²) in [6.45, 7) is 1.85. The first kappa shape index (κ1) is 13.1. The van der Waals surface area contributed by atoms with Crippen LogP contribution in [0.4, 0.5) is 5.69 Å². The molecule has 2 aromatic carbocycles. The van der Waals surface area contributed by atoms with Gasteiger partial charge in [-0.2, -0.15) is 0 Å². The minimum Gasteiger partial charge on any atom is -0.280 e. The zero-order valence-corrected chi connectivity index (χ0v) is 12.1. The fraction of sp³-hybridized carbons (Fsp3) is 0.0769. The van der Waals surface area contributed by atoms with Gasteiger partial charge in [0, 0.05) is 10.2 Å². The van der Waals surface area contributed by atoms with E-state index in [-0.39, 0.29) is 4.90 Å². The third kappa shape index (κ3) is 2.91. The molecular formula is C13H12BrNO2S. The highest BCUT2D eigenvalue weighted by Gasteiger charge is 2.14. The van der Waals surface area contributed by atoms with Gasteiger partial charge < -0.3 is 0 Å². The summed E-state index contributed by atoms with van der Waals surface area (Å²) in [5, 5.41) is 0. The molecule has 5 heteroatoms. The standard InChI is InChI=1S/C13H12BrNO2S/c1-10-9-12(7-8-13(10)14)18(16,17)15-11-5-3-2-4-6-11/h2-9,15H,1H3. The molecule has 0 heterocycles. The Morgan fingerprint density at radius 2 is 1.72 bits per heavy atom. The van der Waals surface area contributed by atoms with E-state index in [1.807, 2.05) is 13.0 Å². The van der Waals surface area contributed by atoms with Crippen LogP contribution < -0.4 is 4.72 Å². The smallest absolute Gasteiger partial charge is 0.261 e. The zero-order chi connectivity index (χ0) is 13.2. The second-order valence-electron chi connectivity index (χ2n) is 3.88. The lowest BCUT2D eigenvalue weighted by Gasteiger charge is -2.09. The van der Waals surface area contributed by atoms with Crippen LogP contribution in [0.3, 0.4) is 0 Å². The normalized spacial score (nSPS) is 11.2. The zero-order valence-electron chi connectivity index (χ0n) is 9.72. The number of halogens is 1. The Morgan fingerprint density at radius 3 is 2.33 bits per heavy atom. The van der Waals surface area contributed by atoms with Crippen LogP contribution in [0.25, 0.3) is 0 Å². The molecule has 0 aromatic heterocycles. The molecule has 0 saturated carbocycles. The second kappa shape index (κ2) is 5.12. The molecule has 2 rings (SSSR count). The first-order valence-corrected chi connectivity index (χ1v) is 7.61. The number of nitrogens with one attached hydrogen (secondary N) is 1. The molecule has 0 spiro atoms. The van der Waals surface area contributed by atoms with Crippen molar-refractivity contribution in [3.8, 4) is 0 Å². The Labute approximate surface area is 115 Å². The van der Waals surface area contributed by atoms with E-state index in [2.05, 4.69) is 20.7 Å². The molecule has 3 nitrogen and oxygen atoms in total. The quantitative estimate of drug-likeness (QED) is 0.937. The third-order valence-corrected chi connectivity index (χ3v) is 4.73. The average molecular weight is 326 g/mol. The molecule has 0 aliphatic carbocycles. The molecule has 0 bridgehead atoms. The number of aryl methyl sites for hydroxylation is 1. The summed E-state index contributed by atoms with van der Waals surface area (Å²) in [5.41, 5.74) is 1.43. The van der Waals surface area contributed by atoms with E-state index < -0.39 is 10.0 Å². The number of anilines is 1. The van der Waals surface area contributed by atoms with E-state index in [9.17, 15) is 8.42 Å². The predicted octanol–water partition coefficient (Wildman–Crippen LogP) is 3.56. The predicted molar refractivity (Wildman–Crippen MR) is 76.1 cm³/mol. The van der Waals surface area contributed by atoms with E-state index >= 15 is 0 Å². The van der Waals surface area contributed by atoms with Crippen LogP contribution in [0.5, 0.6) is 0 Å². The molecule has 18 heavy (non-hydrogen) atoms. The largest absolute Gasteiger partial charge is 0.280 e. The Morgan fingerprint density at radius 1 is 1.06 bits per heavy atom. The molecular weight excluding hydrogens is 314 g/mol. The molecule has 0 aliphatic rings. The van der Waals surface area contributed by atoms with Gasteiger partial charge in [-0.15, -0.1) is 0 Å². The highest BCUT2D eigenvalue weighted by Crippen LogP contribution is 2.21. The van der Waals surface area contributed by atoms with Crippen molar-refractivity contribution in [1.29, 1.82) is 0 Å². The molecule has 1 N–H and O–H groups in total. The molecule has 0 saturated heterocycles. The summed E-state index contributed by atoms with van der Waals surface area (Å²) in [5.74, 6) is 0. The Balaban J connectivity index is 2.34. The molecule has 0 atom stereocenters. The van der Waals surface area contributed by atoms with Gasteiger partial charge in [0.05, 0.1) is 4.90 Å². The number of hydrogen-bond acceptors (Lipinski definition) is 2. The van der Waals surface area contributed by atoms with Gasteiger partial charge in [-0.3, -0.25) is 4.72 Å². The Bertz CT molecular complexity index is 654. The van der Waals surface area contributed by atoms with Crippen LogP contribution >= 0.6 is 15.9 Å². The highest BCUT2D eigenvalue weighted by atomic mass is 79.9. The van der Waals surface area contributed by atoms with Crippen LogP contribution in [0.2, 0.25) is 0 Å². The number of hydrogen-bond donors (Lipinski definition) is 1. The number of benzene rings is 2. The molecule has 0 amide bonds. The van der Waals surface area contributed by atoms with E-state index in [0.29, 0.717) is 5.69 Å². The lowest BCUT2D eigenvalue weighted by Crippen LogP contribution is -2.12. The first-order valence-electron chi connectivity index (χ1n) is 5.33. The van der Waals surface area contributed by atoms with Crippen molar-refractivity contribution in [2.75, 3.05) is 4.72 Å². The van der Waals surface area contributed by atoms with Crippen molar-refractivity contribution in [2.45, 2.75) is 11.8 Å². The molecule has 0 fully saturated rings. The van der Waals surface area contributed by atoms with Crippen LogP contribution in [0, 0.1) is 6.92 Å². The fourth-order valence-corrected chi connectivity index (χ4v) is 2.89. The van der Waals surface area contributed by atoms with Gasteiger partial charge >= 0.3 is 0 Å². The topological polar surface area (TPSA) is 46.2 Å². The van der Waals surface area contributed by atoms with Gasteiger partial charge in [0.15, 0.2) is 0 Å². The van der Waals surface area contributed by atoms with E-state index in [4.69, 9.17) is 0 Å². The summed E-state index contributed by atoms with van der Waals surface area (Å²) in [6, 6.07) is 13.8. The van der Waals surface area contributed by atoms with Crippen molar-refractivity contribution < 1.29 is 8.42 Å². The van der Waals surface area contributed by atoms with Crippen molar-refractivity contribution in [3.05, 3.63) is 58.6 Å². The van der Waals surface area contributed by atoms with Gasteiger partial charge in [-0.05, 0) is 42.8 Å². The Kier molecular flexibility index (Phi) is 3.73. The van der Waals surface area contributed by atoms with Crippen molar-refractivity contribution in [1.82, 2.24) is 0 Å². The molecule has 94 valence electrons. The van der Waals surface area contributed by atoms with Gasteiger partial charge in [0.2, 0.25) is 0 Å². The molecule has 0 unspecified atom stereocenters. The second-order valence-corrected chi connectivity index (χ2v) is 6.42. The molecule has 0 aliphatic heterocycles. The fourth-order valence-electron chi connectivity index (χ4n) is 1.50. The maximum Gasteiger partial charge on any atom is 0.261 e. The van der Waals surface area contributed by atoms with Crippen molar-refractivity contribution >= 4 is 31.6 Å². The van der Waals surface area contributed by atoms with Crippen LogP contribution in [-0.2, 0) is 10.0 Å². The summed E-state index contributed by atoms with van der Waals surface area (Å²) < 4.78 is 27.7. The first-order chi connectivity index (χ1) is 8.49. The maximum atomic E-state index is 12.1. The third-order valence-electron chi connectivity index (χ3n) is 2.47. The molecule has 0 radical (unpaired) electrons. The number of sulfonamides is 1. The minimum absolute atomic E-state index is 0.257. The van der Waals surface area contributed by atoms with Crippen LogP contribution in [-0.4, -0.2) is 8.42 Å². The summed E-state index contributed by atoms with van der Waals surface area (Å²) in [6.07, 6.45) is 0. The monoisotopic (exact) mass is 325 g/mol. The average Bonchev–Trinajstić information content (AvgIpc) is 2.33. The van der Waals surface area contributed by atoms with Gasteiger partial charge in [0.1, 0.15) is 0 Å². The minimum atomic E-state index is -3.52.